The molecule has 1 aromatic heterocycles. The monoisotopic (exact) mass is 208 g/mol. The molecule has 2 atom stereocenters. The Bertz CT molecular complexity index is 276. The number of thioether (sulfide) groups is 1. The van der Waals surface area contributed by atoms with E-state index in [9.17, 15) is 0 Å². The zero-order valence-corrected chi connectivity index (χ0v) is 9.04. The first-order valence-electron chi connectivity index (χ1n) is 5.08. The fourth-order valence-electron chi connectivity index (χ4n) is 1.85. The van der Waals surface area contributed by atoms with Crippen LogP contribution in [0.15, 0.2) is 24.5 Å². The van der Waals surface area contributed by atoms with Gasteiger partial charge in [-0.3, -0.25) is 4.98 Å². The molecule has 1 saturated heterocycles. The molecule has 2 N–H and O–H groups in total. The van der Waals surface area contributed by atoms with Crippen LogP contribution in [0.3, 0.4) is 0 Å². The number of nitrogens with two attached hydrogens (primary N) is 1. The maximum atomic E-state index is 6.10. The maximum absolute atomic E-state index is 6.10. The highest BCUT2D eigenvalue weighted by Gasteiger charge is 2.21. The summed E-state index contributed by atoms with van der Waals surface area (Å²) in [6.45, 7) is 0. The van der Waals surface area contributed by atoms with Gasteiger partial charge < -0.3 is 5.73 Å². The Kier molecular flexibility index (Phi) is 3.43. The SMILES string of the molecule is NC1CCSCC1Cc1ccncc1. The predicted molar refractivity (Wildman–Crippen MR) is 61.3 cm³/mol. The molecule has 0 radical (unpaired) electrons. The zero-order valence-electron chi connectivity index (χ0n) is 8.23. The average Bonchev–Trinajstić information content (AvgIpc) is 2.23. The first-order valence-corrected chi connectivity index (χ1v) is 6.24. The number of aromatic nitrogens is 1. The summed E-state index contributed by atoms with van der Waals surface area (Å²) in [5.41, 5.74) is 7.46. The molecule has 0 spiro atoms. The zero-order chi connectivity index (χ0) is 9.80. The molecule has 1 fully saturated rings. The fraction of sp³-hybridized carbons (Fsp3) is 0.545. The van der Waals surface area contributed by atoms with Crippen molar-refractivity contribution in [1.82, 2.24) is 4.98 Å². The van der Waals surface area contributed by atoms with Gasteiger partial charge in [-0.1, -0.05) is 0 Å². The Morgan fingerprint density at radius 2 is 2.21 bits per heavy atom. The standard InChI is InChI=1S/C11H16N2S/c12-11-3-6-14-8-10(11)7-9-1-4-13-5-2-9/h1-2,4-5,10-11H,3,6-8,12H2. The number of rotatable bonds is 2. The summed E-state index contributed by atoms with van der Waals surface area (Å²) in [6, 6.07) is 4.57. The highest BCUT2D eigenvalue weighted by Crippen LogP contribution is 2.24. The topological polar surface area (TPSA) is 38.9 Å². The summed E-state index contributed by atoms with van der Waals surface area (Å²) in [4.78, 5) is 4.02. The van der Waals surface area contributed by atoms with E-state index in [0.717, 1.165) is 6.42 Å². The second-order valence-corrected chi connectivity index (χ2v) is 5.00. The second-order valence-electron chi connectivity index (χ2n) is 3.85. The molecule has 2 unspecified atom stereocenters. The van der Waals surface area contributed by atoms with E-state index in [0.29, 0.717) is 12.0 Å². The smallest absolute Gasteiger partial charge is 0.0270 e. The second kappa shape index (κ2) is 4.80. The lowest BCUT2D eigenvalue weighted by atomic mass is 9.93. The van der Waals surface area contributed by atoms with Crippen molar-refractivity contribution in [3.63, 3.8) is 0 Å². The van der Waals surface area contributed by atoms with Gasteiger partial charge >= 0.3 is 0 Å². The molecule has 3 heteroatoms. The van der Waals surface area contributed by atoms with E-state index in [-0.39, 0.29) is 0 Å². The molecule has 0 aliphatic carbocycles. The molecule has 14 heavy (non-hydrogen) atoms. The summed E-state index contributed by atoms with van der Waals surface area (Å²) >= 11 is 2.03. The average molecular weight is 208 g/mol. The normalized spacial score (nSPS) is 27.5. The van der Waals surface area contributed by atoms with Crippen molar-refractivity contribution in [2.24, 2.45) is 11.7 Å². The lowest BCUT2D eigenvalue weighted by Crippen LogP contribution is -2.36. The van der Waals surface area contributed by atoms with Crippen molar-refractivity contribution in [3.8, 4) is 0 Å². The Balaban J connectivity index is 1.96. The number of pyridine rings is 1. The van der Waals surface area contributed by atoms with Crippen molar-refractivity contribution in [3.05, 3.63) is 30.1 Å². The van der Waals surface area contributed by atoms with Gasteiger partial charge in [0.25, 0.3) is 0 Å². The van der Waals surface area contributed by atoms with Crippen LogP contribution in [0.1, 0.15) is 12.0 Å². The third-order valence-electron chi connectivity index (χ3n) is 2.78. The van der Waals surface area contributed by atoms with Crippen LogP contribution >= 0.6 is 11.8 Å². The Labute approximate surface area is 89.3 Å². The summed E-state index contributed by atoms with van der Waals surface area (Å²) in [5, 5.41) is 0. The summed E-state index contributed by atoms with van der Waals surface area (Å²) in [6.07, 6.45) is 5.99. The fourth-order valence-corrected chi connectivity index (χ4v) is 3.12. The predicted octanol–water partition coefficient (Wildman–Crippen LogP) is 1.70. The van der Waals surface area contributed by atoms with Crippen LogP contribution in [-0.2, 0) is 6.42 Å². The molecule has 76 valence electrons. The first-order chi connectivity index (χ1) is 6.86. The van der Waals surface area contributed by atoms with Gasteiger partial charge in [0.05, 0.1) is 0 Å². The van der Waals surface area contributed by atoms with Gasteiger partial charge in [0, 0.05) is 18.4 Å². The van der Waals surface area contributed by atoms with Crippen molar-refractivity contribution < 1.29 is 0 Å². The van der Waals surface area contributed by atoms with Gasteiger partial charge in [0.1, 0.15) is 0 Å². The molecule has 0 bridgehead atoms. The molecular formula is C11H16N2S. The van der Waals surface area contributed by atoms with Crippen molar-refractivity contribution in [1.29, 1.82) is 0 Å². The van der Waals surface area contributed by atoms with Gasteiger partial charge in [-0.05, 0) is 48.0 Å². The van der Waals surface area contributed by atoms with Gasteiger partial charge in [0.15, 0.2) is 0 Å². The molecule has 1 aliphatic heterocycles. The highest BCUT2D eigenvalue weighted by molar-refractivity contribution is 7.99. The molecule has 0 amide bonds. The maximum Gasteiger partial charge on any atom is 0.0270 e. The molecule has 2 nitrogen and oxygen atoms in total. The van der Waals surface area contributed by atoms with Gasteiger partial charge in [-0.15, -0.1) is 0 Å². The molecule has 0 saturated carbocycles. The van der Waals surface area contributed by atoms with Crippen LogP contribution in [0.25, 0.3) is 0 Å². The van der Waals surface area contributed by atoms with E-state index in [4.69, 9.17) is 5.73 Å². The van der Waals surface area contributed by atoms with Crippen molar-refractivity contribution >= 4 is 11.8 Å². The largest absolute Gasteiger partial charge is 0.327 e. The van der Waals surface area contributed by atoms with Crippen LogP contribution in [0.2, 0.25) is 0 Å². The molecule has 2 rings (SSSR count). The molecular weight excluding hydrogens is 192 g/mol. The molecule has 2 heterocycles. The van der Waals surface area contributed by atoms with E-state index >= 15 is 0 Å². The van der Waals surface area contributed by atoms with Crippen LogP contribution in [-0.4, -0.2) is 22.5 Å². The van der Waals surface area contributed by atoms with Gasteiger partial charge in [-0.25, -0.2) is 0 Å². The van der Waals surface area contributed by atoms with Gasteiger partial charge in [-0.2, -0.15) is 11.8 Å². The van der Waals surface area contributed by atoms with Crippen LogP contribution < -0.4 is 5.73 Å². The number of hydrogen-bond donors (Lipinski definition) is 1. The molecule has 1 aromatic rings. The summed E-state index contributed by atoms with van der Waals surface area (Å²) < 4.78 is 0. The Morgan fingerprint density at radius 3 is 2.93 bits per heavy atom. The van der Waals surface area contributed by atoms with Crippen molar-refractivity contribution in [2.75, 3.05) is 11.5 Å². The van der Waals surface area contributed by atoms with Crippen LogP contribution in [0, 0.1) is 5.92 Å². The Morgan fingerprint density at radius 1 is 1.43 bits per heavy atom. The van der Waals surface area contributed by atoms with Crippen LogP contribution in [0.4, 0.5) is 0 Å². The van der Waals surface area contributed by atoms with E-state index in [1.807, 2.05) is 24.2 Å². The number of nitrogens with zero attached hydrogens (tertiary/aromatic N) is 1. The van der Waals surface area contributed by atoms with Gasteiger partial charge in [0.2, 0.25) is 0 Å². The first kappa shape index (κ1) is 9.99. The minimum absolute atomic E-state index is 0.393. The Hall–Kier alpha value is -0.540. The minimum atomic E-state index is 0.393. The summed E-state index contributed by atoms with van der Waals surface area (Å²) in [7, 11) is 0. The molecule has 1 aliphatic rings. The quantitative estimate of drug-likeness (QED) is 0.804. The van der Waals surface area contributed by atoms with Crippen molar-refractivity contribution in [2.45, 2.75) is 18.9 Å². The van der Waals surface area contributed by atoms with E-state index < -0.39 is 0 Å². The third-order valence-corrected chi connectivity index (χ3v) is 3.97. The lowest BCUT2D eigenvalue weighted by molar-refractivity contribution is 0.441. The summed E-state index contributed by atoms with van der Waals surface area (Å²) in [5.74, 6) is 3.09. The highest BCUT2D eigenvalue weighted by atomic mass is 32.2. The molecule has 0 aromatic carbocycles. The van der Waals surface area contributed by atoms with E-state index in [2.05, 4.69) is 17.1 Å². The lowest BCUT2D eigenvalue weighted by Gasteiger charge is -2.28. The minimum Gasteiger partial charge on any atom is -0.327 e. The third kappa shape index (κ3) is 2.49. The van der Waals surface area contributed by atoms with Crippen LogP contribution in [0.5, 0.6) is 0 Å². The number of hydrogen-bond acceptors (Lipinski definition) is 3. The van der Waals surface area contributed by atoms with E-state index in [1.54, 1.807) is 0 Å². The van der Waals surface area contributed by atoms with E-state index in [1.165, 1.54) is 23.5 Å².